The van der Waals surface area contributed by atoms with Gasteiger partial charge < -0.3 is 9.16 Å². The SMILES string of the molecule is CC(=S)OCC[Si](C)(C)OC(C)C. The van der Waals surface area contributed by atoms with E-state index >= 15 is 0 Å². The molecular formula is C9H20O2SSi. The lowest BCUT2D eigenvalue weighted by molar-refractivity contribution is 0.224. The maximum atomic E-state index is 5.84. The van der Waals surface area contributed by atoms with Gasteiger partial charge in [0.2, 0.25) is 0 Å². The van der Waals surface area contributed by atoms with E-state index in [9.17, 15) is 0 Å². The van der Waals surface area contributed by atoms with Crippen LogP contribution in [0.4, 0.5) is 0 Å². The summed E-state index contributed by atoms with van der Waals surface area (Å²) in [7, 11) is -1.52. The molecule has 0 heterocycles. The number of rotatable bonds is 5. The first kappa shape index (κ1) is 13.1. The highest BCUT2D eigenvalue weighted by Crippen LogP contribution is 2.13. The Morgan fingerprint density at radius 1 is 1.38 bits per heavy atom. The molecule has 0 bridgehead atoms. The minimum absolute atomic E-state index is 0.315. The van der Waals surface area contributed by atoms with Crippen molar-refractivity contribution >= 4 is 25.6 Å². The summed E-state index contributed by atoms with van der Waals surface area (Å²) >= 11 is 4.82. The van der Waals surface area contributed by atoms with Crippen molar-refractivity contribution < 1.29 is 9.16 Å². The molecule has 0 saturated carbocycles. The molecule has 0 aromatic heterocycles. The highest BCUT2D eigenvalue weighted by atomic mass is 32.1. The second-order valence-corrected chi connectivity index (χ2v) is 8.85. The summed E-state index contributed by atoms with van der Waals surface area (Å²) < 4.78 is 11.1. The number of ether oxygens (including phenoxy) is 1. The third kappa shape index (κ3) is 8.40. The monoisotopic (exact) mass is 220 g/mol. The van der Waals surface area contributed by atoms with E-state index in [0.29, 0.717) is 17.8 Å². The van der Waals surface area contributed by atoms with Gasteiger partial charge in [-0.05, 0) is 39.2 Å². The zero-order valence-corrected chi connectivity index (χ0v) is 11.0. The van der Waals surface area contributed by atoms with Gasteiger partial charge >= 0.3 is 0 Å². The fourth-order valence-electron chi connectivity index (χ4n) is 1.14. The number of thiocarbonyl (C=S) groups is 1. The summed E-state index contributed by atoms with van der Waals surface area (Å²) in [6, 6.07) is 0.999. The Kier molecular flexibility index (Phi) is 5.75. The molecule has 0 amide bonds. The zero-order valence-electron chi connectivity index (χ0n) is 9.22. The largest absolute Gasteiger partial charge is 0.488 e. The normalized spacial score (nSPS) is 11.8. The van der Waals surface area contributed by atoms with E-state index in [-0.39, 0.29) is 0 Å². The topological polar surface area (TPSA) is 18.5 Å². The molecule has 0 aromatic rings. The number of hydrogen-bond acceptors (Lipinski definition) is 3. The van der Waals surface area contributed by atoms with Gasteiger partial charge in [0.1, 0.15) is 0 Å². The molecule has 2 nitrogen and oxygen atoms in total. The van der Waals surface area contributed by atoms with Crippen LogP contribution in [0.1, 0.15) is 20.8 Å². The third-order valence-corrected chi connectivity index (χ3v) is 4.20. The molecule has 13 heavy (non-hydrogen) atoms. The van der Waals surface area contributed by atoms with Gasteiger partial charge in [0, 0.05) is 19.1 Å². The van der Waals surface area contributed by atoms with Crippen LogP contribution in [0, 0.1) is 0 Å². The Labute approximate surface area is 87.7 Å². The molecule has 4 heteroatoms. The summed E-state index contributed by atoms with van der Waals surface area (Å²) in [5.74, 6) is 0. The lowest BCUT2D eigenvalue weighted by Gasteiger charge is -2.25. The standard InChI is InChI=1S/C9H20O2SSi/c1-8(2)11-13(4,5)7-6-10-9(3)12/h8H,6-7H2,1-5H3. The maximum Gasteiger partial charge on any atom is 0.190 e. The molecule has 0 saturated heterocycles. The molecule has 0 unspecified atom stereocenters. The van der Waals surface area contributed by atoms with Gasteiger partial charge in [0.15, 0.2) is 13.4 Å². The fourth-order valence-corrected chi connectivity index (χ4v) is 3.21. The van der Waals surface area contributed by atoms with Crippen molar-refractivity contribution in [3.8, 4) is 0 Å². The van der Waals surface area contributed by atoms with E-state index in [1.165, 1.54) is 0 Å². The Morgan fingerprint density at radius 3 is 2.31 bits per heavy atom. The lowest BCUT2D eigenvalue weighted by atomic mass is 10.5. The Bertz CT molecular complexity index is 169. The lowest BCUT2D eigenvalue weighted by Crippen LogP contribution is -2.34. The summed E-state index contributed by atoms with van der Waals surface area (Å²) in [6.07, 6.45) is 0.315. The Balaban J connectivity index is 3.68. The van der Waals surface area contributed by atoms with Gasteiger partial charge in [-0.1, -0.05) is 0 Å². The van der Waals surface area contributed by atoms with Crippen molar-refractivity contribution in [2.24, 2.45) is 0 Å². The zero-order chi connectivity index (χ0) is 10.5. The van der Waals surface area contributed by atoms with Crippen molar-refractivity contribution in [1.29, 1.82) is 0 Å². The van der Waals surface area contributed by atoms with E-state index in [4.69, 9.17) is 21.4 Å². The van der Waals surface area contributed by atoms with E-state index in [0.717, 1.165) is 6.04 Å². The minimum atomic E-state index is -1.52. The van der Waals surface area contributed by atoms with E-state index < -0.39 is 8.32 Å². The van der Waals surface area contributed by atoms with Crippen LogP contribution in [-0.2, 0) is 9.16 Å². The van der Waals surface area contributed by atoms with Crippen molar-refractivity contribution in [2.75, 3.05) is 6.61 Å². The molecule has 0 aromatic carbocycles. The maximum absolute atomic E-state index is 5.84. The van der Waals surface area contributed by atoms with Gasteiger partial charge in [-0.25, -0.2) is 0 Å². The second-order valence-electron chi connectivity index (χ2n) is 4.02. The average molecular weight is 220 g/mol. The fraction of sp³-hybridized carbons (Fsp3) is 0.889. The van der Waals surface area contributed by atoms with Gasteiger partial charge in [0.05, 0.1) is 6.61 Å². The van der Waals surface area contributed by atoms with Gasteiger partial charge in [0.25, 0.3) is 0 Å². The summed E-state index contributed by atoms with van der Waals surface area (Å²) in [4.78, 5) is 0. The van der Waals surface area contributed by atoms with Crippen molar-refractivity contribution in [2.45, 2.75) is 46.0 Å². The van der Waals surface area contributed by atoms with Crippen molar-refractivity contribution in [3.05, 3.63) is 0 Å². The molecule has 0 spiro atoms. The molecule has 0 aliphatic rings. The molecule has 0 atom stereocenters. The second kappa shape index (κ2) is 5.73. The molecule has 0 N–H and O–H groups in total. The van der Waals surface area contributed by atoms with E-state index in [2.05, 4.69) is 26.9 Å². The van der Waals surface area contributed by atoms with Gasteiger partial charge in [-0.2, -0.15) is 0 Å². The van der Waals surface area contributed by atoms with Crippen LogP contribution in [0.2, 0.25) is 19.1 Å². The molecular weight excluding hydrogens is 200 g/mol. The van der Waals surface area contributed by atoms with Crippen LogP contribution in [-0.4, -0.2) is 26.1 Å². The predicted molar refractivity (Wildman–Crippen MR) is 62.7 cm³/mol. The molecule has 0 rings (SSSR count). The highest BCUT2D eigenvalue weighted by molar-refractivity contribution is 7.80. The van der Waals surface area contributed by atoms with Gasteiger partial charge in [-0.15, -0.1) is 0 Å². The van der Waals surface area contributed by atoms with Crippen LogP contribution in [0.15, 0.2) is 0 Å². The van der Waals surface area contributed by atoms with E-state index in [1.807, 2.05) is 0 Å². The molecule has 0 aliphatic carbocycles. The average Bonchev–Trinajstić information content (AvgIpc) is 1.81. The summed E-state index contributed by atoms with van der Waals surface area (Å²) in [6.45, 7) is 11.0. The first-order chi connectivity index (χ1) is 5.83. The summed E-state index contributed by atoms with van der Waals surface area (Å²) in [5.41, 5.74) is 0. The number of hydrogen-bond donors (Lipinski definition) is 0. The van der Waals surface area contributed by atoms with E-state index in [1.54, 1.807) is 6.92 Å². The summed E-state index contributed by atoms with van der Waals surface area (Å²) in [5, 5.41) is 0.620. The molecule has 0 fully saturated rings. The minimum Gasteiger partial charge on any atom is -0.488 e. The van der Waals surface area contributed by atoms with Crippen LogP contribution >= 0.6 is 12.2 Å². The third-order valence-electron chi connectivity index (χ3n) is 1.56. The van der Waals surface area contributed by atoms with Crippen LogP contribution < -0.4 is 0 Å². The Hall–Kier alpha value is 0.0669. The predicted octanol–water partition coefficient (Wildman–Crippen LogP) is 2.98. The van der Waals surface area contributed by atoms with Crippen LogP contribution in [0.25, 0.3) is 0 Å². The van der Waals surface area contributed by atoms with Crippen molar-refractivity contribution in [1.82, 2.24) is 0 Å². The molecule has 78 valence electrons. The Morgan fingerprint density at radius 2 is 1.92 bits per heavy atom. The smallest absolute Gasteiger partial charge is 0.190 e. The molecule has 0 aliphatic heterocycles. The van der Waals surface area contributed by atoms with Crippen LogP contribution in [0.3, 0.4) is 0 Å². The highest BCUT2D eigenvalue weighted by Gasteiger charge is 2.23. The van der Waals surface area contributed by atoms with Crippen LogP contribution in [0.5, 0.6) is 0 Å². The quantitative estimate of drug-likeness (QED) is 0.524. The molecule has 0 radical (unpaired) electrons. The van der Waals surface area contributed by atoms with Gasteiger partial charge in [-0.3, -0.25) is 0 Å². The first-order valence-corrected chi connectivity index (χ1v) is 8.17. The van der Waals surface area contributed by atoms with Crippen molar-refractivity contribution in [3.63, 3.8) is 0 Å². The first-order valence-electron chi connectivity index (χ1n) is 4.65.